The summed E-state index contributed by atoms with van der Waals surface area (Å²) in [4.78, 5) is 37.4. The van der Waals surface area contributed by atoms with Gasteiger partial charge in [0.15, 0.2) is 0 Å². The lowest BCUT2D eigenvalue weighted by Crippen LogP contribution is -2.54. The molecule has 0 saturated carbocycles. The number of hydrogen-bond acceptors (Lipinski definition) is 6. The molecule has 0 fully saturated rings. The third-order valence-electron chi connectivity index (χ3n) is 4.81. The van der Waals surface area contributed by atoms with E-state index in [1.807, 2.05) is 0 Å². The topological polar surface area (TPSA) is 133 Å². The smallest absolute Gasteiger partial charge is 0.271 e. The van der Waals surface area contributed by atoms with Crippen molar-refractivity contribution in [3.63, 3.8) is 0 Å². The molecule has 1 aromatic heterocycles. The molecule has 0 aliphatic carbocycles. The molecular formula is C23H23FN4O5S2. The standard InChI is InChI=1S/C23H23FN4O5S2/c1-14(2)20(25-22(30)17-6-3-4-7-18(17)24)23(31)27-26-21(29)15-9-11-16(12-10-15)28-35(32,33)19-8-5-13-34-19/h3-14,20,28H,1-2H3,(H,25,30)(H,26,29)(H,27,31)/t20-/m0/s1. The van der Waals surface area contributed by atoms with Crippen LogP contribution in [0.3, 0.4) is 0 Å². The second kappa shape index (κ2) is 11.1. The summed E-state index contributed by atoms with van der Waals surface area (Å²) < 4.78 is 41.0. The summed E-state index contributed by atoms with van der Waals surface area (Å²) in [6.45, 7) is 3.37. The van der Waals surface area contributed by atoms with Crippen LogP contribution in [-0.2, 0) is 14.8 Å². The minimum atomic E-state index is -3.72. The van der Waals surface area contributed by atoms with Crippen LogP contribution in [0.25, 0.3) is 0 Å². The number of hydrazine groups is 1. The average molecular weight is 519 g/mol. The van der Waals surface area contributed by atoms with E-state index < -0.39 is 39.6 Å². The Hall–Kier alpha value is -3.77. The molecule has 3 amide bonds. The fourth-order valence-corrected chi connectivity index (χ4v) is 5.03. The van der Waals surface area contributed by atoms with Crippen molar-refractivity contribution in [2.45, 2.75) is 24.1 Å². The van der Waals surface area contributed by atoms with E-state index in [0.717, 1.165) is 17.4 Å². The molecule has 184 valence electrons. The molecule has 1 heterocycles. The third-order valence-corrected chi connectivity index (χ3v) is 7.59. The molecule has 0 bridgehead atoms. The number of sulfonamides is 1. The molecule has 35 heavy (non-hydrogen) atoms. The maximum absolute atomic E-state index is 13.9. The Balaban J connectivity index is 1.58. The van der Waals surface area contributed by atoms with Gasteiger partial charge in [-0.1, -0.05) is 32.0 Å². The Morgan fingerprint density at radius 2 is 1.57 bits per heavy atom. The maximum Gasteiger partial charge on any atom is 0.271 e. The molecule has 3 rings (SSSR count). The Morgan fingerprint density at radius 1 is 0.886 bits per heavy atom. The summed E-state index contributed by atoms with van der Waals surface area (Å²) in [6, 6.07) is 13.0. The van der Waals surface area contributed by atoms with Crippen LogP contribution in [0.15, 0.2) is 70.3 Å². The lowest BCUT2D eigenvalue weighted by Gasteiger charge is -2.22. The summed E-state index contributed by atoms with van der Waals surface area (Å²) in [7, 11) is -3.72. The maximum atomic E-state index is 13.9. The number of halogens is 1. The number of thiophene rings is 1. The molecule has 0 unspecified atom stereocenters. The highest BCUT2D eigenvalue weighted by molar-refractivity contribution is 7.94. The van der Waals surface area contributed by atoms with Crippen LogP contribution in [0.4, 0.5) is 10.1 Å². The molecule has 3 aromatic rings. The van der Waals surface area contributed by atoms with Gasteiger partial charge in [0, 0.05) is 11.3 Å². The number of amides is 3. The van der Waals surface area contributed by atoms with Gasteiger partial charge < -0.3 is 5.32 Å². The molecule has 9 nitrogen and oxygen atoms in total. The largest absolute Gasteiger partial charge is 0.340 e. The minimum absolute atomic E-state index is 0.154. The zero-order valence-electron chi connectivity index (χ0n) is 18.7. The lowest BCUT2D eigenvalue weighted by molar-refractivity contribution is -0.124. The predicted octanol–water partition coefficient (Wildman–Crippen LogP) is 2.90. The van der Waals surface area contributed by atoms with Gasteiger partial charge in [-0.05, 0) is 53.8 Å². The Labute approximate surface area is 205 Å². The molecule has 0 aliphatic heterocycles. The van der Waals surface area contributed by atoms with E-state index in [4.69, 9.17) is 0 Å². The van der Waals surface area contributed by atoms with Crippen molar-refractivity contribution < 1.29 is 27.2 Å². The fraction of sp³-hybridized carbons (Fsp3) is 0.174. The van der Waals surface area contributed by atoms with Crippen molar-refractivity contribution in [2.24, 2.45) is 5.92 Å². The first-order chi connectivity index (χ1) is 16.6. The molecular weight excluding hydrogens is 495 g/mol. The van der Waals surface area contributed by atoms with Gasteiger partial charge in [-0.3, -0.25) is 30.0 Å². The van der Waals surface area contributed by atoms with Gasteiger partial charge in [0.25, 0.3) is 27.7 Å². The van der Waals surface area contributed by atoms with Crippen molar-refractivity contribution >= 4 is 44.8 Å². The summed E-state index contributed by atoms with van der Waals surface area (Å²) in [5.74, 6) is -3.20. The van der Waals surface area contributed by atoms with E-state index in [2.05, 4.69) is 20.9 Å². The highest BCUT2D eigenvalue weighted by atomic mass is 32.2. The summed E-state index contributed by atoms with van der Waals surface area (Å²) in [6.07, 6.45) is 0. The van der Waals surface area contributed by atoms with Gasteiger partial charge in [-0.2, -0.15) is 0 Å². The summed E-state index contributed by atoms with van der Waals surface area (Å²) >= 11 is 1.07. The minimum Gasteiger partial charge on any atom is -0.340 e. The quantitative estimate of drug-likeness (QED) is 0.340. The first-order valence-corrected chi connectivity index (χ1v) is 12.8. The number of carbonyl (C=O) groups is 3. The average Bonchev–Trinajstić information content (AvgIpc) is 3.37. The van der Waals surface area contributed by atoms with Crippen molar-refractivity contribution in [3.05, 3.63) is 83.0 Å². The second-order valence-corrected chi connectivity index (χ2v) is 10.6. The van der Waals surface area contributed by atoms with Gasteiger partial charge in [0.1, 0.15) is 16.1 Å². The van der Waals surface area contributed by atoms with Gasteiger partial charge in [-0.15, -0.1) is 11.3 Å². The first-order valence-electron chi connectivity index (χ1n) is 10.4. The van der Waals surface area contributed by atoms with E-state index in [1.165, 1.54) is 48.5 Å². The van der Waals surface area contributed by atoms with Gasteiger partial charge in [0.05, 0.1) is 5.56 Å². The van der Waals surface area contributed by atoms with Crippen molar-refractivity contribution in [1.82, 2.24) is 16.2 Å². The zero-order valence-corrected chi connectivity index (χ0v) is 20.4. The molecule has 12 heteroatoms. The Kier molecular flexibility index (Phi) is 8.20. The van der Waals surface area contributed by atoms with Gasteiger partial charge in [0.2, 0.25) is 0 Å². The number of benzene rings is 2. The Bertz CT molecular complexity index is 1310. The zero-order chi connectivity index (χ0) is 25.6. The fourth-order valence-electron chi connectivity index (χ4n) is 2.98. The van der Waals surface area contributed by atoms with E-state index in [0.29, 0.717) is 0 Å². The number of anilines is 1. The molecule has 2 aromatic carbocycles. The van der Waals surface area contributed by atoms with Crippen LogP contribution in [0.1, 0.15) is 34.6 Å². The van der Waals surface area contributed by atoms with Gasteiger partial charge in [-0.25, -0.2) is 12.8 Å². The third kappa shape index (κ3) is 6.64. The monoisotopic (exact) mass is 518 g/mol. The SMILES string of the molecule is CC(C)[C@H](NC(=O)c1ccccc1F)C(=O)NNC(=O)c1ccc(NS(=O)(=O)c2cccs2)cc1. The van der Waals surface area contributed by atoms with E-state index in [-0.39, 0.29) is 26.9 Å². The van der Waals surface area contributed by atoms with Crippen LogP contribution >= 0.6 is 11.3 Å². The van der Waals surface area contributed by atoms with E-state index in [1.54, 1.807) is 25.3 Å². The van der Waals surface area contributed by atoms with Crippen LogP contribution in [0, 0.1) is 11.7 Å². The van der Waals surface area contributed by atoms with Crippen molar-refractivity contribution in [1.29, 1.82) is 0 Å². The van der Waals surface area contributed by atoms with Crippen molar-refractivity contribution in [3.8, 4) is 0 Å². The molecule has 4 N–H and O–H groups in total. The summed E-state index contributed by atoms with van der Waals surface area (Å²) in [5.41, 5.74) is 4.70. The number of rotatable bonds is 8. The normalized spacial score (nSPS) is 12.0. The molecule has 1 atom stereocenters. The van der Waals surface area contributed by atoms with Crippen LogP contribution < -0.4 is 20.9 Å². The first kappa shape index (κ1) is 25.8. The second-order valence-electron chi connectivity index (χ2n) is 7.73. The molecule has 0 radical (unpaired) electrons. The van der Waals surface area contributed by atoms with Crippen LogP contribution in [0.5, 0.6) is 0 Å². The van der Waals surface area contributed by atoms with E-state index >= 15 is 0 Å². The molecule has 0 spiro atoms. The van der Waals surface area contributed by atoms with Crippen LogP contribution in [-0.4, -0.2) is 32.2 Å². The number of hydrogen-bond donors (Lipinski definition) is 4. The Morgan fingerprint density at radius 3 is 2.17 bits per heavy atom. The van der Waals surface area contributed by atoms with Gasteiger partial charge >= 0.3 is 0 Å². The lowest BCUT2D eigenvalue weighted by atomic mass is 10.0. The highest BCUT2D eigenvalue weighted by Crippen LogP contribution is 2.20. The molecule has 0 aliphatic rings. The summed E-state index contributed by atoms with van der Waals surface area (Å²) in [5, 5.41) is 4.12. The van der Waals surface area contributed by atoms with Crippen molar-refractivity contribution in [2.75, 3.05) is 4.72 Å². The van der Waals surface area contributed by atoms with E-state index in [9.17, 15) is 27.2 Å². The molecule has 0 saturated heterocycles. The number of carbonyl (C=O) groups excluding carboxylic acids is 3. The predicted molar refractivity (Wildman–Crippen MR) is 130 cm³/mol. The number of nitrogens with one attached hydrogen (secondary N) is 4. The van der Waals surface area contributed by atoms with Crippen LogP contribution in [0.2, 0.25) is 0 Å². The highest BCUT2D eigenvalue weighted by Gasteiger charge is 2.26.